The van der Waals surface area contributed by atoms with Gasteiger partial charge in [-0.1, -0.05) is 108 Å². The third-order valence-corrected chi connectivity index (χ3v) is 5.91. The standard InChI is InChI=1S/C30H16Cl2/c31-27-15-8-14-24-26(20-18-22-11-5-2-6-12-22)30-23(13-7-16-28(30)32)25(29(24)27)19-17-21-9-3-1-4-10-21/h1-16H. The van der Waals surface area contributed by atoms with E-state index in [4.69, 9.17) is 23.2 Å². The van der Waals surface area contributed by atoms with E-state index >= 15 is 0 Å². The van der Waals surface area contributed by atoms with Crippen molar-refractivity contribution in [1.29, 1.82) is 0 Å². The molecule has 0 fully saturated rings. The zero-order valence-corrected chi connectivity index (χ0v) is 18.5. The molecule has 0 N–H and O–H groups in total. The molecule has 5 rings (SSSR count). The van der Waals surface area contributed by atoms with Gasteiger partial charge in [0.05, 0.1) is 0 Å². The summed E-state index contributed by atoms with van der Waals surface area (Å²) in [5.74, 6) is 13.3. The van der Waals surface area contributed by atoms with E-state index in [1.165, 1.54) is 0 Å². The summed E-state index contributed by atoms with van der Waals surface area (Å²) in [7, 11) is 0. The number of hydrogen-bond acceptors (Lipinski definition) is 0. The first-order chi connectivity index (χ1) is 15.7. The predicted molar refractivity (Wildman–Crippen MR) is 136 cm³/mol. The SMILES string of the molecule is Clc1cccc2c(C#Cc3ccccc3)c3c(Cl)cccc3c(C#Cc3ccccc3)c12. The molecule has 0 unspecified atom stereocenters. The van der Waals surface area contributed by atoms with Gasteiger partial charge in [-0.3, -0.25) is 0 Å². The normalized spacial score (nSPS) is 10.3. The highest BCUT2D eigenvalue weighted by Crippen LogP contribution is 2.39. The van der Waals surface area contributed by atoms with Gasteiger partial charge in [-0.05, 0) is 36.4 Å². The van der Waals surface area contributed by atoms with Crippen molar-refractivity contribution >= 4 is 44.7 Å². The molecule has 0 aromatic heterocycles. The maximum absolute atomic E-state index is 6.72. The molecule has 5 aromatic carbocycles. The maximum Gasteiger partial charge on any atom is 0.0497 e. The summed E-state index contributed by atoms with van der Waals surface area (Å²) in [5.41, 5.74) is 3.60. The molecule has 150 valence electrons. The fraction of sp³-hybridized carbons (Fsp3) is 0. The summed E-state index contributed by atoms with van der Waals surface area (Å²) in [4.78, 5) is 0. The highest BCUT2D eigenvalue weighted by molar-refractivity contribution is 6.39. The first-order valence-corrected chi connectivity index (χ1v) is 10.9. The molecule has 0 saturated heterocycles. The van der Waals surface area contributed by atoms with Gasteiger partial charge >= 0.3 is 0 Å². The van der Waals surface area contributed by atoms with Crippen LogP contribution in [0.3, 0.4) is 0 Å². The predicted octanol–water partition coefficient (Wildman–Crippen LogP) is 8.10. The molecule has 0 saturated carbocycles. The van der Waals surface area contributed by atoms with Gasteiger partial charge in [0.25, 0.3) is 0 Å². The van der Waals surface area contributed by atoms with Crippen molar-refractivity contribution in [3.05, 3.63) is 129 Å². The summed E-state index contributed by atoms with van der Waals surface area (Å²) < 4.78 is 0. The molecule has 0 aliphatic heterocycles. The lowest BCUT2D eigenvalue weighted by Gasteiger charge is -2.13. The second-order valence-electron chi connectivity index (χ2n) is 7.31. The van der Waals surface area contributed by atoms with Crippen molar-refractivity contribution in [2.24, 2.45) is 0 Å². The van der Waals surface area contributed by atoms with E-state index in [0.717, 1.165) is 43.8 Å². The minimum atomic E-state index is 0.643. The Hall–Kier alpha value is -3.68. The van der Waals surface area contributed by atoms with Crippen LogP contribution in [0.4, 0.5) is 0 Å². The monoisotopic (exact) mass is 446 g/mol. The molecular formula is C30H16Cl2. The van der Waals surface area contributed by atoms with Crippen molar-refractivity contribution < 1.29 is 0 Å². The van der Waals surface area contributed by atoms with Crippen molar-refractivity contribution in [2.45, 2.75) is 0 Å². The molecule has 5 aromatic rings. The van der Waals surface area contributed by atoms with Gasteiger partial charge in [-0.2, -0.15) is 0 Å². The van der Waals surface area contributed by atoms with E-state index in [1.807, 2.05) is 97.1 Å². The molecule has 0 aliphatic rings. The van der Waals surface area contributed by atoms with E-state index in [1.54, 1.807) is 0 Å². The van der Waals surface area contributed by atoms with Crippen LogP contribution in [0.15, 0.2) is 97.1 Å². The largest absolute Gasteiger partial charge is 0.0836 e. The van der Waals surface area contributed by atoms with Crippen LogP contribution in [0.25, 0.3) is 21.5 Å². The summed E-state index contributed by atoms with van der Waals surface area (Å²) in [6.07, 6.45) is 0. The number of rotatable bonds is 0. The van der Waals surface area contributed by atoms with Gasteiger partial charge in [-0.25, -0.2) is 0 Å². The molecular weight excluding hydrogens is 431 g/mol. The number of halogens is 2. The van der Waals surface area contributed by atoms with Crippen molar-refractivity contribution in [2.75, 3.05) is 0 Å². The Labute approximate surface area is 197 Å². The van der Waals surface area contributed by atoms with Crippen LogP contribution in [0.2, 0.25) is 10.0 Å². The molecule has 32 heavy (non-hydrogen) atoms. The first kappa shape index (κ1) is 20.2. The van der Waals surface area contributed by atoms with Crippen LogP contribution in [-0.2, 0) is 0 Å². The van der Waals surface area contributed by atoms with E-state index in [0.29, 0.717) is 10.0 Å². The Morgan fingerprint density at radius 3 is 1.22 bits per heavy atom. The Morgan fingerprint density at radius 2 is 0.812 bits per heavy atom. The number of benzene rings is 5. The Kier molecular flexibility index (Phi) is 5.58. The fourth-order valence-electron chi connectivity index (χ4n) is 3.81. The quantitative estimate of drug-likeness (QED) is 0.166. The van der Waals surface area contributed by atoms with Crippen LogP contribution in [0, 0.1) is 23.7 Å². The second kappa shape index (κ2) is 8.82. The van der Waals surface area contributed by atoms with Gasteiger partial charge < -0.3 is 0 Å². The average Bonchev–Trinajstić information content (AvgIpc) is 2.83. The van der Waals surface area contributed by atoms with Gasteiger partial charge in [-0.15, -0.1) is 0 Å². The lowest BCUT2D eigenvalue weighted by atomic mass is 9.91. The van der Waals surface area contributed by atoms with E-state index in [9.17, 15) is 0 Å². The molecule has 0 aliphatic carbocycles. The molecule has 0 radical (unpaired) electrons. The van der Waals surface area contributed by atoms with E-state index < -0.39 is 0 Å². The smallest absolute Gasteiger partial charge is 0.0497 e. The summed E-state index contributed by atoms with van der Waals surface area (Å²) >= 11 is 13.4. The zero-order chi connectivity index (χ0) is 21.9. The number of fused-ring (bicyclic) bond motifs is 2. The van der Waals surface area contributed by atoms with Crippen LogP contribution < -0.4 is 0 Å². The highest BCUT2D eigenvalue weighted by atomic mass is 35.5. The molecule has 0 nitrogen and oxygen atoms in total. The molecule has 0 heterocycles. The lowest BCUT2D eigenvalue weighted by Crippen LogP contribution is -1.92. The molecule has 0 spiro atoms. The number of hydrogen-bond donors (Lipinski definition) is 0. The average molecular weight is 447 g/mol. The van der Waals surface area contributed by atoms with Gasteiger partial charge in [0, 0.05) is 53.8 Å². The zero-order valence-electron chi connectivity index (χ0n) is 17.0. The van der Waals surface area contributed by atoms with Gasteiger partial charge in [0.1, 0.15) is 0 Å². The van der Waals surface area contributed by atoms with E-state index in [-0.39, 0.29) is 0 Å². The first-order valence-electron chi connectivity index (χ1n) is 10.2. The summed E-state index contributed by atoms with van der Waals surface area (Å²) in [6.45, 7) is 0. The second-order valence-corrected chi connectivity index (χ2v) is 8.12. The summed E-state index contributed by atoms with van der Waals surface area (Å²) in [5, 5.41) is 4.96. The van der Waals surface area contributed by atoms with E-state index in [2.05, 4.69) is 23.7 Å². The molecule has 0 bridgehead atoms. The third kappa shape index (κ3) is 3.84. The molecule has 0 amide bonds. The van der Waals surface area contributed by atoms with Crippen molar-refractivity contribution in [3.63, 3.8) is 0 Å². The van der Waals surface area contributed by atoms with Crippen LogP contribution >= 0.6 is 23.2 Å². The Morgan fingerprint density at radius 1 is 0.406 bits per heavy atom. The third-order valence-electron chi connectivity index (χ3n) is 5.28. The van der Waals surface area contributed by atoms with Crippen LogP contribution in [0.5, 0.6) is 0 Å². The molecule has 0 atom stereocenters. The van der Waals surface area contributed by atoms with Crippen LogP contribution in [-0.4, -0.2) is 0 Å². The molecule has 2 heteroatoms. The van der Waals surface area contributed by atoms with Crippen molar-refractivity contribution in [1.82, 2.24) is 0 Å². The maximum atomic E-state index is 6.72. The highest BCUT2D eigenvalue weighted by Gasteiger charge is 2.16. The minimum absolute atomic E-state index is 0.643. The van der Waals surface area contributed by atoms with Gasteiger partial charge in [0.2, 0.25) is 0 Å². The minimum Gasteiger partial charge on any atom is -0.0836 e. The Bertz CT molecular complexity index is 1450. The summed E-state index contributed by atoms with van der Waals surface area (Å²) in [6, 6.07) is 31.6. The van der Waals surface area contributed by atoms with Crippen molar-refractivity contribution in [3.8, 4) is 23.7 Å². The Balaban J connectivity index is 1.88. The van der Waals surface area contributed by atoms with Crippen LogP contribution in [0.1, 0.15) is 22.3 Å². The lowest BCUT2D eigenvalue weighted by molar-refractivity contribution is 1.64. The fourth-order valence-corrected chi connectivity index (χ4v) is 4.35. The van der Waals surface area contributed by atoms with Gasteiger partial charge in [0.15, 0.2) is 0 Å². The topological polar surface area (TPSA) is 0 Å².